The molecule has 0 bridgehead atoms. The monoisotopic (exact) mass is 280 g/mol. The number of carbonyl (C=O) groups is 1. The van der Waals surface area contributed by atoms with Crippen LogP contribution in [0.1, 0.15) is 38.8 Å². The molecule has 0 spiro atoms. The van der Waals surface area contributed by atoms with E-state index in [4.69, 9.17) is 0 Å². The van der Waals surface area contributed by atoms with E-state index < -0.39 is 5.41 Å². The number of hydrogen-bond donors (Lipinski definition) is 0. The molecule has 2 aromatic rings. The van der Waals surface area contributed by atoms with Crippen molar-refractivity contribution in [2.75, 3.05) is 0 Å². The van der Waals surface area contributed by atoms with E-state index >= 15 is 0 Å². The Hall–Kier alpha value is -1.89. The minimum absolute atomic E-state index is 0.437. The molecule has 0 atom stereocenters. The highest BCUT2D eigenvalue weighted by atomic mass is 16.1. The Morgan fingerprint density at radius 2 is 1.67 bits per heavy atom. The molecule has 0 saturated carbocycles. The lowest BCUT2D eigenvalue weighted by Gasteiger charge is -2.18. The molecular formula is C20H24O. The minimum atomic E-state index is -0.437. The van der Waals surface area contributed by atoms with E-state index in [0.29, 0.717) is 5.92 Å². The topological polar surface area (TPSA) is 17.1 Å². The second kappa shape index (κ2) is 6.26. The molecule has 0 saturated heterocycles. The zero-order chi connectivity index (χ0) is 15.5. The van der Waals surface area contributed by atoms with Crippen LogP contribution in [0.5, 0.6) is 0 Å². The van der Waals surface area contributed by atoms with Gasteiger partial charge in [-0.25, -0.2) is 0 Å². The van der Waals surface area contributed by atoms with Crippen molar-refractivity contribution >= 4 is 6.29 Å². The van der Waals surface area contributed by atoms with Crippen molar-refractivity contribution < 1.29 is 4.79 Å². The first-order valence-electron chi connectivity index (χ1n) is 7.58. The van der Waals surface area contributed by atoms with Gasteiger partial charge in [-0.1, -0.05) is 62.4 Å². The van der Waals surface area contributed by atoms with Gasteiger partial charge in [-0.3, -0.25) is 0 Å². The van der Waals surface area contributed by atoms with Crippen LogP contribution >= 0.6 is 0 Å². The lowest BCUT2D eigenvalue weighted by atomic mass is 9.85. The normalized spacial score (nSPS) is 11.7. The summed E-state index contributed by atoms with van der Waals surface area (Å²) in [5.74, 6) is 0.674. The molecule has 0 aliphatic rings. The quantitative estimate of drug-likeness (QED) is 0.702. The molecule has 0 aromatic heterocycles. The van der Waals surface area contributed by atoms with Crippen molar-refractivity contribution in [1.82, 2.24) is 0 Å². The van der Waals surface area contributed by atoms with Gasteiger partial charge in [0.05, 0.1) is 0 Å². The van der Waals surface area contributed by atoms with Crippen molar-refractivity contribution in [3.05, 3.63) is 59.7 Å². The first-order valence-corrected chi connectivity index (χ1v) is 7.58. The van der Waals surface area contributed by atoms with Crippen LogP contribution in [0.25, 0.3) is 11.1 Å². The Bertz CT molecular complexity index is 606. The summed E-state index contributed by atoms with van der Waals surface area (Å²) in [5.41, 5.74) is 4.36. The first-order chi connectivity index (χ1) is 9.92. The molecular weight excluding hydrogens is 256 g/mol. The van der Waals surface area contributed by atoms with Crippen molar-refractivity contribution in [2.24, 2.45) is 5.92 Å². The molecule has 0 aliphatic heterocycles. The summed E-state index contributed by atoms with van der Waals surface area (Å²) < 4.78 is 0. The zero-order valence-corrected chi connectivity index (χ0v) is 13.4. The Labute approximate surface area is 128 Å². The van der Waals surface area contributed by atoms with Crippen LogP contribution in [0, 0.1) is 5.92 Å². The van der Waals surface area contributed by atoms with Gasteiger partial charge in [0.2, 0.25) is 0 Å². The molecule has 0 fully saturated rings. The van der Waals surface area contributed by atoms with Gasteiger partial charge >= 0.3 is 0 Å². The van der Waals surface area contributed by atoms with Gasteiger partial charge in [0.1, 0.15) is 6.29 Å². The molecule has 0 amide bonds. The summed E-state index contributed by atoms with van der Waals surface area (Å²) in [4.78, 5) is 11.2. The van der Waals surface area contributed by atoms with Gasteiger partial charge in [0.15, 0.2) is 0 Å². The van der Waals surface area contributed by atoms with Crippen LogP contribution in [0.3, 0.4) is 0 Å². The minimum Gasteiger partial charge on any atom is -0.302 e. The highest BCUT2D eigenvalue weighted by molar-refractivity contribution is 5.71. The number of aldehydes is 1. The fourth-order valence-electron chi connectivity index (χ4n) is 2.47. The van der Waals surface area contributed by atoms with Crippen molar-refractivity contribution in [2.45, 2.75) is 39.5 Å². The SMILES string of the molecule is CC(C)Cc1ccc(-c2cccc(C(C)(C)C=O)c2)cc1. The van der Waals surface area contributed by atoms with Crippen molar-refractivity contribution in [1.29, 1.82) is 0 Å². The predicted octanol–water partition coefficient (Wildman–Crippen LogP) is 5.03. The van der Waals surface area contributed by atoms with Gasteiger partial charge in [-0.2, -0.15) is 0 Å². The maximum atomic E-state index is 11.2. The Morgan fingerprint density at radius 3 is 2.24 bits per heavy atom. The first kappa shape index (κ1) is 15.5. The van der Waals surface area contributed by atoms with Crippen LogP contribution in [0.2, 0.25) is 0 Å². The van der Waals surface area contributed by atoms with Crippen LogP contribution in [0.15, 0.2) is 48.5 Å². The summed E-state index contributed by atoms with van der Waals surface area (Å²) >= 11 is 0. The third-order valence-electron chi connectivity index (χ3n) is 3.83. The van der Waals surface area contributed by atoms with Crippen LogP contribution in [0.4, 0.5) is 0 Å². The second-order valence-electron chi connectivity index (χ2n) is 6.72. The number of carbonyl (C=O) groups excluding carboxylic acids is 1. The molecule has 0 unspecified atom stereocenters. The van der Waals surface area contributed by atoms with E-state index in [1.54, 1.807) is 0 Å². The highest BCUT2D eigenvalue weighted by Crippen LogP contribution is 2.27. The largest absolute Gasteiger partial charge is 0.302 e. The fourth-order valence-corrected chi connectivity index (χ4v) is 2.47. The van der Waals surface area contributed by atoms with Crippen LogP contribution in [-0.2, 0) is 16.6 Å². The highest BCUT2D eigenvalue weighted by Gasteiger charge is 2.19. The Balaban J connectivity index is 2.30. The molecule has 0 heterocycles. The van der Waals surface area contributed by atoms with E-state index in [0.717, 1.165) is 18.3 Å². The molecule has 0 radical (unpaired) electrons. The third-order valence-corrected chi connectivity index (χ3v) is 3.83. The lowest BCUT2D eigenvalue weighted by molar-refractivity contribution is -0.111. The summed E-state index contributed by atoms with van der Waals surface area (Å²) in [6.45, 7) is 8.37. The van der Waals surface area contributed by atoms with Crippen molar-refractivity contribution in [3.8, 4) is 11.1 Å². The molecule has 1 nitrogen and oxygen atoms in total. The fraction of sp³-hybridized carbons (Fsp3) is 0.350. The van der Waals surface area contributed by atoms with Crippen LogP contribution < -0.4 is 0 Å². The maximum absolute atomic E-state index is 11.2. The molecule has 110 valence electrons. The average molecular weight is 280 g/mol. The Kier molecular flexibility index (Phi) is 4.62. The number of rotatable bonds is 5. The van der Waals surface area contributed by atoms with Gasteiger partial charge in [0.25, 0.3) is 0 Å². The second-order valence-corrected chi connectivity index (χ2v) is 6.72. The number of hydrogen-bond acceptors (Lipinski definition) is 1. The average Bonchev–Trinajstić information content (AvgIpc) is 2.47. The maximum Gasteiger partial charge on any atom is 0.129 e. The molecule has 0 N–H and O–H groups in total. The zero-order valence-electron chi connectivity index (χ0n) is 13.4. The molecule has 2 aromatic carbocycles. The van der Waals surface area contributed by atoms with Gasteiger partial charge in [-0.15, -0.1) is 0 Å². The predicted molar refractivity (Wildman–Crippen MR) is 89.5 cm³/mol. The third kappa shape index (κ3) is 3.81. The summed E-state index contributed by atoms with van der Waals surface area (Å²) in [5, 5.41) is 0. The van der Waals surface area contributed by atoms with E-state index in [2.05, 4.69) is 50.2 Å². The summed E-state index contributed by atoms with van der Waals surface area (Å²) in [7, 11) is 0. The summed E-state index contributed by atoms with van der Waals surface area (Å²) in [6, 6.07) is 17.0. The van der Waals surface area contributed by atoms with E-state index in [1.807, 2.05) is 26.0 Å². The Morgan fingerprint density at radius 1 is 1.00 bits per heavy atom. The number of benzene rings is 2. The van der Waals surface area contributed by atoms with Gasteiger partial charge in [0, 0.05) is 5.41 Å². The smallest absolute Gasteiger partial charge is 0.129 e. The van der Waals surface area contributed by atoms with Crippen molar-refractivity contribution in [3.63, 3.8) is 0 Å². The van der Waals surface area contributed by atoms with E-state index in [9.17, 15) is 4.79 Å². The molecule has 21 heavy (non-hydrogen) atoms. The standard InChI is InChI=1S/C20H24O/c1-15(2)12-16-8-10-17(11-9-16)18-6-5-7-19(13-18)20(3,4)14-21/h5-11,13-15H,12H2,1-4H3. The van der Waals surface area contributed by atoms with Gasteiger partial charge in [-0.05, 0) is 48.4 Å². The van der Waals surface area contributed by atoms with E-state index in [1.165, 1.54) is 16.7 Å². The van der Waals surface area contributed by atoms with Crippen LogP contribution in [-0.4, -0.2) is 6.29 Å². The van der Waals surface area contributed by atoms with E-state index in [-0.39, 0.29) is 0 Å². The van der Waals surface area contributed by atoms with Gasteiger partial charge < -0.3 is 4.79 Å². The molecule has 1 heteroatoms. The summed E-state index contributed by atoms with van der Waals surface area (Å²) in [6.07, 6.45) is 2.12. The molecule has 2 rings (SSSR count). The lowest BCUT2D eigenvalue weighted by Crippen LogP contribution is -2.18. The molecule has 0 aliphatic carbocycles.